The maximum Gasteiger partial charge on any atom is 0.328 e. The highest BCUT2D eigenvalue weighted by molar-refractivity contribution is 9.10. The first-order valence-electron chi connectivity index (χ1n) is 6.69. The van der Waals surface area contributed by atoms with E-state index < -0.39 is 16.1 Å². The van der Waals surface area contributed by atoms with Gasteiger partial charge in [-0.1, -0.05) is 22.0 Å². The van der Waals surface area contributed by atoms with Crippen LogP contribution in [0.25, 0.3) is 0 Å². The lowest BCUT2D eigenvalue weighted by Gasteiger charge is -2.13. The Balaban J connectivity index is 2.31. The fourth-order valence-electron chi connectivity index (χ4n) is 1.79. The third-order valence-electron chi connectivity index (χ3n) is 2.74. The molecule has 2 amide bonds. The number of urea groups is 1. The molecule has 0 saturated heterocycles. The first-order chi connectivity index (χ1) is 10.9. The van der Waals surface area contributed by atoms with Crippen molar-refractivity contribution in [2.45, 2.75) is 11.8 Å². The van der Waals surface area contributed by atoms with Gasteiger partial charge in [-0.2, -0.15) is 0 Å². The Kier molecular flexibility index (Phi) is 5.56. The Morgan fingerprint density at radius 2 is 2.09 bits per heavy atom. The number of rotatable bonds is 5. The largest absolute Gasteiger partial charge is 0.354 e. The van der Waals surface area contributed by atoms with Crippen LogP contribution in [0.4, 0.5) is 16.2 Å². The standard InChI is InChI=1S/C14H15BrN4O3S/c1-2-17-14(20)19-23(21,22)13-9-16-7-6-12(13)18-11-5-3-4-10(15)8-11/h3-9H,2H2,1H3,(H,16,18)(H2,17,19,20). The van der Waals surface area contributed by atoms with Crippen molar-refractivity contribution >= 4 is 43.4 Å². The van der Waals surface area contributed by atoms with Gasteiger partial charge in [-0.25, -0.2) is 17.9 Å². The van der Waals surface area contributed by atoms with E-state index in [9.17, 15) is 13.2 Å². The third kappa shape index (κ3) is 4.67. The molecule has 0 aliphatic carbocycles. The summed E-state index contributed by atoms with van der Waals surface area (Å²) in [5, 5.41) is 5.38. The van der Waals surface area contributed by atoms with Crippen molar-refractivity contribution in [3.05, 3.63) is 47.2 Å². The van der Waals surface area contributed by atoms with Crippen LogP contribution in [0.3, 0.4) is 0 Å². The van der Waals surface area contributed by atoms with Gasteiger partial charge >= 0.3 is 6.03 Å². The van der Waals surface area contributed by atoms with Crippen LogP contribution < -0.4 is 15.4 Å². The molecule has 0 aliphatic rings. The van der Waals surface area contributed by atoms with Gasteiger partial charge in [0.2, 0.25) is 0 Å². The van der Waals surface area contributed by atoms with E-state index in [2.05, 4.69) is 31.5 Å². The molecule has 1 aromatic heterocycles. The van der Waals surface area contributed by atoms with Gasteiger partial charge in [-0.05, 0) is 31.2 Å². The number of amides is 2. The highest BCUT2D eigenvalue weighted by Gasteiger charge is 2.21. The minimum Gasteiger partial charge on any atom is -0.354 e. The van der Waals surface area contributed by atoms with Crippen LogP contribution in [-0.4, -0.2) is 26.0 Å². The monoisotopic (exact) mass is 398 g/mol. The molecule has 0 aliphatic heterocycles. The van der Waals surface area contributed by atoms with Crippen LogP contribution in [0.2, 0.25) is 0 Å². The Hall–Kier alpha value is -2.13. The maximum atomic E-state index is 12.3. The number of hydrogen-bond acceptors (Lipinski definition) is 5. The molecule has 0 unspecified atom stereocenters. The Morgan fingerprint density at radius 3 is 2.78 bits per heavy atom. The van der Waals surface area contributed by atoms with Gasteiger partial charge in [0.05, 0.1) is 5.69 Å². The summed E-state index contributed by atoms with van der Waals surface area (Å²) in [6, 6.07) is 7.99. The SMILES string of the molecule is CCNC(=O)NS(=O)(=O)c1cnccc1Nc1cccc(Br)c1. The van der Waals surface area contributed by atoms with Gasteiger partial charge in [0.1, 0.15) is 4.90 Å². The number of anilines is 2. The van der Waals surface area contributed by atoms with Crippen LogP contribution in [-0.2, 0) is 10.0 Å². The molecular formula is C14H15BrN4O3S. The number of aromatic nitrogens is 1. The number of halogens is 1. The Morgan fingerprint density at radius 1 is 1.30 bits per heavy atom. The number of benzene rings is 1. The van der Waals surface area contributed by atoms with Crippen molar-refractivity contribution in [3.8, 4) is 0 Å². The van der Waals surface area contributed by atoms with E-state index >= 15 is 0 Å². The Bertz CT molecular complexity index is 811. The molecule has 0 fully saturated rings. The molecular weight excluding hydrogens is 384 g/mol. The molecule has 0 spiro atoms. The van der Waals surface area contributed by atoms with Gasteiger partial charge in [-0.15, -0.1) is 0 Å². The molecule has 0 atom stereocenters. The number of nitrogens with zero attached hydrogens (tertiary/aromatic N) is 1. The summed E-state index contributed by atoms with van der Waals surface area (Å²) >= 11 is 3.35. The van der Waals surface area contributed by atoms with E-state index in [0.29, 0.717) is 17.9 Å². The van der Waals surface area contributed by atoms with Crippen molar-refractivity contribution in [1.29, 1.82) is 0 Å². The average molecular weight is 399 g/mol. The number of sulfonamides is 1. The molecule has 9 heteroatoms. The zero-order chi connectivity index (χ0) is 16.9. The minimum absolute atomic E-state index is 0.119. The van der Waals surface area contributed by atoms with Crippen molar-refractivity contribution < 1.29 is 13.2 Å². The number of hydrogen-bond donors (Lipinski definition) is 3. The molecule has 3 N–H and O–H groups in total. The maximum absolute atomic E-state index is 12.3. The number of carbonyl (C=O) groups is 1. The van der Waals surface area contributed by atoms with Gasteiger partial charge < -0.3 is 10.6 Å². The molecule has 0 bridgehead atoms. The van der Waals surface area contributed by atoms with Crippen LogP contribution in [0.15, 0.2) is 52.1 Å². The summed E-state index contributed by atoms with van der Waals surface area (Å²) in [6.45, 7) is 2.01. The smallest absolute Gasteiger partial charge is 0.328 e. The van der Waals surface area contributed by atoms with E-state index in [0.717, 1.165) is 4.47 Å². The van der Waals surface area contributed by atoms with Crippen LogP contribution in [0.1, 0.15) is 6.92 Å². The molecule has 0 radical (unpaired) electrons. The molecule has 2 rings (SSSR count). The lowest BCUT2D eigenvalue weighted by Crippen LogP contribution is -2.39. The second-order valence-corrected chi connectivity index (χ2v) is 7.04. The van der Waals surface area contributed by atoms with Gasteiger partial charge in [0, 0.05) is 29.1 Å². The summed E-state index contributed by atoms with van der Waals surface area (Å²) in [5.74, 6) is 0. The van der Waals surface area contributed by atoms with Gasteiger partial charge in [0.25, 0.3) is 10.0 Å². The fraction of sp³-hybridized carbons (Fsp3) is 0.143. The fourth-order valence-corrected chi connectivity index (χ4v) is 3.23. The molecule has 1 heterocycles. The second-order valence-electron chi connectivity index (χ2n) is 4.47. The van der Waals surface area contributed by atoms with Crippen molar-refractivity contribution in [1.82, 2.24) is 15.0 Å². The van der Waals surface area contributed by atoms with Crippen LogP contribution >= 0.6 is 15.9 Å². The van der Waals surface area contributed by atoms with E-state index in [-0.39, 0.29) is 4.90 Å². The second kappa shape index (κ2) is 7.42. The highest BCUT2D eigenvalue weighted by Crippen LogP contribution is 2.25. The van der Waals surface area contributed by atoms with E-state index in [1.807, 2.05) is 16.9 Å². The number of pyridine rings is 1. The van der Waals surface area contributed by atoms with E-state index in [1.54, 1.807) is 19.1 Å². The van der Waals surface area contributed by atoms with Gasteiger partial charge in [-0.3, -0.25) is 4.98 Å². The lowest BCUT2D eigenvalue weighted by molar-refractivity contribution is 0.246. The molecule has 0 saturated carbocycles. The summed E-state index contributed by atoms with van der Waals surface area (Å²) < 4.78 is 27.5. The van der Waals surface area contributed by atoms with E-state index in [1.165, 1.54) is 18.5 Å². The normalized spacial score (nSPS) is 10.9. The molecule has 23 heavy (non-hydrogen) atoms. The van der Waals surface area contributed by atoms with E-state index in [4.69, 9.17) is 0 Å². The first-order valence-corrected chi connectivity index (χ1v) is 8.97. The van der Waals surface area contributed by atoms with Crippen LogP contribution in [0.5, 0.6) is 0 Å². The van der Waals surface area contributed by atoms with Crippen molar-refractivity contribution in [2.24, 2.45) is 0 Å². The highest BCUT2D eigenvalue weighted by atomic mass is 79.9. The predicted molar refractivity (Wildman–Crippen MR) is 91.1 cm³/mol. The zero-order valence-corrected chi connectivity index (χ0v) is 14.6. The molecule has 7 nitrogen and oxygen atoms in total. The molecule has 1 aromatic carbocycles. The lowest BCUT2D eigenvalue weighted by atomic mass is 10.3. The van der Waals surface area contributed by atoms with Gasteiger partial charge in [0.15, 0.2) is 0 Å². The third-order valence-corrected chi connectivity index (χ3v) is 4.59. The zero-order valence-electron chi connectivity index (χ0n) is 12.2. The Labute approximate surface area is 142 Å². The summed E-state index contributed by atoms with van der Waals surface area (Å²) in [6.07, 6.45) is 2.65. The summed E-state index contributed by atoms with van der Waals surface area (Å²) in [4.78, 5) is 15.2. The summed E-state index contributed by atoms with van der Waals surface area (Å²) in [5.41, 5.74) is 1.01. The molecule has 122 valence electrons. The summed E-state index contributed by atoms with van der Waals surface area (Å²) in [7, 11) is -4.04. The first kappa shape index (κ1) is 17.2. The average Bonchev–Trinajstić information content (AvgIpc) is 2.47. The minimum atomic E-state index is -4.04. The van der Waals surface area contributed by atoms with Crippen molar-refractivity contribution in [2.75, 3.05) is 11.9 Å². The topological polar surface area (TPSA) is 100 Å². The quantitative estimate of drug-likeness (QED) is 0.718. The number of nitrogens with one attached hydrogen (secondary N) is 3. The molecule has 2 aromatic rings. The predicted octanol–water partition coefficient (Wildman–Crippen LogP) is 2.60. The van der Waals surface area contributed by atoms with Crippen LogP contribution in [0, 0.1) is 0 Å². The van der Waals surface area contributed by atoms with Crippen molar-refractivity contribution in [3.63, 3.8) is 0 Å². The number of carbonyl (C=O) groups excluding carboxylic acids is 1.